The minimum absolute atomic E-state index is 0. The van der Waals surface area contributed by atoms with Gasteiger partial charge in [0.15, 0.2) is 0 Å². The van der Waals surface area contributed by atoms with E-state index in [2.05, 4.69) is 17.0 Å². The molecule has 1 aromatic rings. The summed E-state index contributed by atoms with van der Waals surface area (Å²) in [4.78, 5) is 2.50. The average molecular weight is 315 g/mol. The number of rotatable bonds is 6. The van der Waals surface area contributed by atoms with Gasteiger partial charge in [-0.15, -0.1) is 12.4 Å². The molecule has 2 unspecified atom stereocenters. The van der Waals surface area contributed by atoms with Gasteiger partial charge in [0.25, 0.3) is 0 Å². The highest BCUT2D eigenvalue weighted by atomic mass is 35.5. The van der Waals surface area contributed by atoms with Crippen LogP contribution in [0.2, 0.25) is 0 Å². The number of likely N-dealkylation sites (tertiary alicyclic amines) is 1. The third-order valence-corrected chi connectivity index (χ3v) is 4.24. The van der Waals surface area contributed by atoms with E-state index in [4.69, 9.17) is 15.2 Å². The molecule has 0 bridgehead atoms. The Bertz CT molecular complexity index is 400. The molecular formula is C16H27ClN2O2. The zero-order chi connectivity index (χ0) is 14.4. The van der Waals surface area contributed by atoms with E-state index < -0.39 is 0 Å². The fourth-order valence-electron chi connectivity index (χ4n) is 2.88. The van der Waals surface area contributed by atoms with Crippen molar-refractivity contribution in [2.45, 2.75) is 31.4 Å². The molecule has 0 amide bonds. The Morgan fingerprint density at radius 3 is 2.52 bits per heavy atom. The number of nitrogens with two attached hydrogens (primary N) is 1. The lowest BCUT2D eigenvalue weighted by molar-refractivity contribution is 0.0138. The van der Waals surface area contributed by atoms with Gasteiger partial charge in [0.2, 0.25) is 0 Å². The summed E-state index contributed by atoms with van der Waals surface area (Å²) in [6, 6.07) is 8.77. The lowest BCUT2D eigenvalue weighted by Crippen LogP contribution is -2.49. The Kier molecular flexibility index (Phi) is 8.04. The summed E-state index contributed by atoms with van der Waals surface area (Å²) in [6.07, 6.45) is 3.59. The van der Waals surface area contributed by atoms with Crippen LogP contribution in [0.3, 0.4) is 0 Å². The second-order valence-corrected chi connectivity index (χ2v) is 5.41. The van der Waals surface area contributed by atoms with Crippen molar-refractivity contribution in [3.8, 4) is 5.75 Å². The normalized spacial score (nSPS) is 22.6. The molecule has 0 aromatic heterocycles. The van der Waals surface area contributed by atoms with Crippen molar-refractivity contribution in [3.63, 3.8) is 0 Å². The minimum atomic E-state index is 0. The van der Waals surface area contributed by atoms with Crippen LogP contribution in [-0.2, 0) is 11.2 Å². The van der Waals surface area contributed by atoms with E-state index in [0.717, 1.165) is 38.1 Å². The molecule has 21 heavy (non-hydrogen) atoms. The van der Waals surface area contributed by atoms with E-state index in [9.17, 15) is 0 Å². The molecule has 0 spiro atoms. The van der Waals surface area contributed by atoms with Crippen molar-refractivity contribution in [2.24, 2.45) is 5.73 Å². The van der Waals surface area contributed by atoms with Crippen LogP contribution in [-0.4, -0.2) is 50.9 Å². The third kappa shape index (κ3) is 5.15. The molecule has 120 valence electrons. The van der Waals surface area contributed by atoms with Crippen LogP contribution in [0.5, 0.6) is 5.75 Å². The molecule has 1 aliphatic heterocycles. The first-order valence-electron chi connectivity index (χ1n) is 7.36. The fourth-order valence-corrected chi connectivity index (χ4v) is 2.88. The van der Waals surface area contributed by atoms with Gasteiger partial charge in [-0.3, -0.25) is 4.90 Å². The monoisotopic (exact) mass is 314 g/mol. The van der Waals surface area contributed by atoms with Crippen molar-refractivity contribution >= 4 is 12.4 Å². The maximum atomic E-state index is 5.90. The number of hydrogen-bond donors (Lipinski definition) is 1. The Balaban J connectivity index is 0.00000220. The van der Waals surface area contributed by atoms with Crippen LogP contribution < -0.4 is 10.5 Å². The van der Waals surface area contributed by atoms with Gasteiger partial charge in [-0.05, 0) is 37.0 Å². The summed E-state index contributed by atoms with van der Waals surface area (Å²) in [7, 11) is 3.49. The van der Waals surface area contributed by atoms with Gasteiger partial charge in [0.1, 0.15) is 5.75 Å². The number of piperidine rings is 1. The summed E-state index contributed by atoms with van der Waals surface area (Å²) in [5.74, 6) is 0.912. The van der Waals surface area contributed by atoms with Gasteiger partial charge in [-0.2, -0.15) is 0 Å². The quantitative estimate of drug-likeness (QED) is 0.873. The largest absolute Gasteiger partial charge is 0.497 e. The summed E-state index contributed by atoms with van der Waals surface area (Å²) in [6.45, 7) is 2.85. The molecule has 1 aliphatic rings. The highest BCUT2D eigenvalue weighted by Gasteiger charge is 2.26. The van der Waals surface area contributed by atoms with Crippen molar-refractivity contribution in [3.05, 3.63) is 29.8 Å². The highest BCUT2D eigenvalue weighted by Crippen LogP contribution is 2.20. The maximum absolute atomic E-state index is 5.90. The highest BCUT2D eigenvalue weighted by molar-refractivity contribution is 5.85. The predicted octanol–water partition coefficient (Wildman–Crippen LogP) is 2.10. The number of nitrogens with zero attached hydrogens (tertiary/aromatic N) is 1. The minimum Gasteiger partial charge on any atom is -0.497 e. The molecule has 2 atom stereocenters. The second-order valence-electron chi connectivity index (χ2n) is 5.41. The van der Waals surface area contributed by atoms with Crippen LogP contribution in [0.4, 0.5) is 0 Å². The van der Waals surface area contributed by atoms with Crippen LogP contribution in [0, 0.1) is 0 Å². The van der Waals surface area contributed by atoms with Gasteiger partial charge >= 0.3 is 0 Å². The van der Waals surface area contributed by atoms with Crippen LogP contribution >= 0.6 is 12.4 Å². The van der Waals surface area contributed by atoms with E-state index in [1.807, 2.05) is 12.1 Å². The molecule has 0 aliphatic carbocycles. The first-order chi connectivity index (χ1) is 9.76. The Morgan fingerprint density at radius 2 is 1.95 bits per heavy atom. The number of benzene rings is 1. The molecule has 1 fully saturated rings. The smallest absolute Gasteiger partial charge is 0.118 e. The molecule has 0 saturated carbocycles. The average Bonchev–Trinajstić information content (AvgIpc) is 2.53. The van der Waals surface area contributed by atoms with E-state index in [1.54, 1.807) is 14.2 Å². The molecule has 1 heterocycles. The summed E-state index contributed by atoms with van der Waals surface area (Å²) >= 11 is 0. The Labute approximate surface area is 134 Å². The zero-order valence-electron chi connectivity index (χ0n) is 13.0. The predicted molar refractivity (Wildman–Crippen MR) is 88.4 cm³/mol. The van der Waals surface area contributed by atoms with Crippen molar-refractivity contribution in [1.29, 1.82) is 0 Å². The van der Waals surface area contributed by atoms with Gasteiger partial charge < -0.3 is 15.2 Å². The topological polar surface area (TPSA) is 47.7 Å². The van der Waals surface area contributed by atoms with E-state index in [-0.39, 0.29) is 12.4 Å². The van der Waals surface area contributed by atoms with Crippen molar-refractivity contribution < 1.29 is 9.47 Å². The number of methoxy groups -OCH3 is 2. The van der Waals surface area contributed by atoms with E-state index >= 15 is 0 Å². The number of ether oxygens (including phenoxy) is 2. The summed E-state index contributed by atoms with van der Waals surface area (Å²) < 4.78 is 10.6. The second kappa shape index (κ2) is 9.26. The van der Waals surface area contributed by atoms with Crippen molar-refractivity contribution in [1.82, 2.24) is 4.90 Å². The summed E-state index contributed by atoms with van der Waals surface area (Å²) in [5, 5.41) is 0. The first-order valence-corrected chi connectivity index (χ1v) is 7.36. The molecule has 4 nitrogen and oxygen atoms in total. The standard InChI is InChI=1S/C16H26N2O2.ClH/c1-19-15-5-3-13(4-6-15)7-9-18-10-8-16(20-2)11-14(18)12-17;/h3-6,14,16H,7-12,17H2,1-2H3;1H. The van der Waals surface area contributed by atoms with Gasteiger partial charge in [-0.1, -0.05) is 12.1 Å². The lowest BCUT2D eigenvalue weighted by atomic mass is 9.98. The zero-order valence-corrected chi connectivity index (χ0v) is 13.8. The Morgan fingerprint density at radius 1 is 1.24 bits per heavy atom. The van der Waals surface area contributed by atoms with Crippen LogP contribution in [0.25, 0.3) is 0 Å². The van der Waals surface area contributed by atoms with Gasteiger partial charge in [0.05, 0.1) is 13.2 Å². The third-order valence-electron chi connectivity index (χ3n) is 4.24. The first kappa shape index (κ1) is 18.2. The molecule has 1 aromatic carbocycles. The lowest BCUT2D eigenvalue weighted by Gasteiger charge is -2.38. The molecule has 1 saturated heterocycles. The molecule has 5 heteroatoms. The van der Waals surface area contributed by atoms with Crippen molar-refractivity contribution in [2.75, 3.05) is 33.9 Å². The van der Waals surface area contributed by atoms with E-state index in [0.29, 0.717) is 18.7 Å². The van der Waals surface area contributed by atoms with Crippen LogP contribution in [0.1, 0.15) is 18.4 Å². The fraction of sp³-hybridized carbons (Fsp3) is 0.625. The number of hydrogen-bond acceptors (Lipinski definition) is 4. The Hall–Kier alpha value is -0.810. The van der Waals surface area contributed by atoms with Gasteiger partial charge in [-0.25, -0.2) is 0 Å². The van der Waals surface area contributed by atoms with Gasteiger partial charge in [0, 0.05) is 32.8 Å². The number of halogens is 1. The summed E-state index contributed by atoms with van der Waals surface area (Å²) in [5.41, 5.74) is 7.25. The van der Waals surface area contributed by atoms with Crippen LogP contribution in [0.15, 0.2) is 24.3 Å². The maximum Gasteiger partial charge on any atom is 0.118 e. The molecule has 0 radical (unpaired) electrons. The molecular weight excluding hydrogens is 288 g/mol. The van der Waals surface area contributed by atoms with E-state index in [1.165, 1.54) is 5.56 Å². The molecule has 2 N–H and O–H groups in total. The molecule has 2 rings (SSSR count). The SMILES string of the molecule is COc1ccc(CCN2CCC(OC)CC2CN)cc1.Cl.